The van der Waals surface area contributed by atoms with Crippen molar-refractivity contribution in [3.8, 4) is 0 Å². The number of aryl methyl sites for hydroxylation is 2. The van der Waals surface area contributed by atoms with Crippen molar-refractivity contribution in [2.75, 3.05) is 6.54 Å². The lowest BCUT2D eigenvalue weighted by Crippen LogP contribution is -2.32. The van der Waals surface area contributed by atoms with Crippen molar-refractivity contribution in [1.82, 2.24) is 9.78 Å². The van der Waals surface area contributed by atoms with E-state index >= 15 is 0 Å². The van der Waals surface area contributed by atoms with Crippen molar-refractivity contribution < 1.29 is 5.11 Å². The molecule has 1 unspecified atom stereocenters. The maximum atomic E-state index is 10.1. The predicted octanol–water partition coefficient (Wildman–Crippen LogP) is 0.275. The Bertz CT molecular complexity index is 349. The largest absolute Gasteiger partial charge is 0.384 e. The zero-order valence-corrected chi connectivity index (χ0v) is 9.00. The molecule has 0 bridgehead atoms. The highest BCUT2D eigenvalue weighted by Gasteiger charge is 2.40. The van der Waals surface area contributed by atoms with Gasteiger partial charge in [-0.2, -0.15) is 5.10 Å². The molecular weight excluding hydrogens is 234 g/mol. The molecule has 2 rings (SSSR count). The summed E-state index contributed by atoms with van der Waals surface area (Å²) >= 11 is 3.40. The minimum absolute atomic E-state index is 0.254. The average molecular weight is 246 g/mol. The molecule has 0 aliphatic heterocycles. The van der Waals surface area contributed by atoms with Crippen LogP contribution >= 0.6 is 15.9 Å². The van der Waals surface area contributed by atoms with Crippen LogP contribution in [-0.2, 0) is 19.1 Å². The van der Waals surface area contributed by atoms with Crippen molar-refractivity contribution in [3.05, 3.63) is 15.9 Å². The van der Waals surface area contributed by atoms with Gasteiger partial charge in [0.05, 0.1) is 5.69 Å². The van der Waals surface area contributed by atoms with Gasteiger partial charge in [-0.1, -0.05) is 0 Å². The monoisotopic (exact) mass is 245 g/mol. The first kappa shape index (κ1) is 9.18. The summed E-state index contributed by atoms with van der Waals surface area (Å²) in [6, 6.07) is 0. The minimum Gasteiger partial charge on any atom is -0.384 e. The number of rotatable bonds is 1. The van der Waals surface area contributed by atoms with Gasteiger partial charge in [0, 0.05) is 19.2 Å². The van der Waals surface area contributed by atoms with Gasteiger partial charge in [0.2, 0.25) is 0 Å². The zero-order valence-electron chi connectivity index (χ0n) is 7.42. The van der Waals surface area contributed by atoms with Crippen molar-refractivity contribution in [2.24, 2.45) is 12.8 Å². The Labute approximate surface area is 84.9 Å². The summed E-state index contributed by atoms with van der Waals surface area (Å²) in [5, 5.41) is 14.4. The third-order valence-corrected chi connectivity index (χ3v) is 3.54. The van der Waals surface area contributed by atoms with E-state index in [1.807, 2.05) is 7.05 Å². The van der Waals surface area contributed by atoms with Crippen molar-refractivity contribution >= 4 is 15.9 Å². The van der Waals surface area contributed by atoms with Crippen LogP contribution in [0.2, 0.25) is 0 Å². The van der Waals surface area contributed by atoms with E-state index in [4.69, 9.17) is 5.73 Å². The predicted molar refractivity (Wildman–Crippen MR) is 52.2 cm³/mol. The van der Waals surface area contributed by atoms with Crippen LogP contribution in [0, 0.1) is 0 Å². The first-order valence-corrected chi connectivity index (χ1v) is 5.02. The number of fused-ring (bicyclic) bond motifs is 1. The van der Waals surface area contributed by atoms with Gasteiger partial charge >= 0.3 is 0 Å². The Kier molecular flexibility index (Phi) is 1.98. The quantitative estimate of drug-likeness (QED) is 0.747. The molecule has 13 heavy (non-hydrogen) atoms. The lowest BCUT2D eigenvalue weighted by Gasteiger charge is -2.20. The third-order valence-electron chi connectivity index (χ3n) is 2.63. The molecule has 72 valence electrons. The normalized spacial score (nSPS) is 26.5. The molecule has 5 heteroatoms. The first-order valence-electron chi connectivity index (χ1n) is 4.23. The van der Waals surface area contributed by atoms with Crippen LogP contribution in [0.15, 0.2) is 4.60 Å². The molecule has 1 atom stereocenters. The highest BCUT2D eigenvalue weighted by atomic mass is 79.9. The van der Waals surface area contributed by atoms with Crippen LogP contribution in [0.4, 0.5) is 0 Å². The second kappa shape index (κ2) is 2.80. The Morgan fingerprint density at radius 3 is 3.08 bits per heavy atom. The smallest absolute Gasteiger partial charge is 0.110 e. The van der Waals surface area contributed by atoms with Gasteiger partial charge in [0.15, 0.2) is 0 Å². The van der Waals surface area contributed by atoms with Gasteiger partial charge in [0.1, 0.15) is 10.2 Å². The highest BCUT2D eigenvalue weighted by Crippen LogP contribution is 2.39. The van der Waals surface area contributed by atoms with E-state index in [9.17, 15) is 5.11 Å². The molecule has 1 aliphatic carbocycles. The van der Waals surface area contributed by atoms with Gasteiger partial charge in [0.25, 0.3) is 0 Å². The molecule has 0 fully saturated rings. The molecule has 3 N–H and O–H groups in total. The number of hydrogen-bond donors (Lipinski definition) is 2. The fourth-order valence-electron chi connectivity index (χ4n) is 1.85. The number of halogens is 1. The summed E-state index contributed by atoms with van der Waals surface area (Å²) < 4.78 is 2.57. The number of nitrogens with zero attached hydrogens (tertiary/aromatic N) is 2. The molecule has 0 radical (unpaired) electrons. The number of nitrogens with two attached hydrogens (primary N) is 1. The second-order valence-corrected chi connectivity index (χ2v) is 4.22. The minimum atomic E-state index is -0.873. The van der Waals surface area contributed by atoms with Crippen molar-refractivity contribution in [3.63, 3.8) is 0 Å². The summed E-state index contributed by atoms with van der Waals surface area (Å²) in [6.45, 7) is 0.254. The fraction of sp³-hybridized carbons (Fsp3) is 0.625. The van der Waals surface area contributed by atoms with Gasteiger partial charge in [-0.05, 0) is 28.8 Å². The van der Waals surface area contributed by atoms with Crippen molar-refractivity contribution in [1.29, 1.82) is 0 Å². The van der Waals surface area contributed by atoms with E-state index in [0.29, 0.717) is 6.42 Å². The van der Waals surface area contributed by atoms with Crippen LogP contribution in [-0.4, -0.2) is 21.4 Å². The summed E-state index contributed by atoms with van der Waals surface area (Å²) in [6.07, 6.45) is 1.49. The summed E-state index contributed by atoms with van der Waals surface area (Å²) in [7, 11) is 1.85. The molecule has 1 aromatic heterocycles. The average Bonchev–Trinajstić information content (AvgIpc) is 2.56. The molecular formula is C8H12BrN3O. The Morgan fingerprint density at radius 1 is 1.77 bits per heavy atom. The number of hydrogen-bond acceptors (Lipinski definition) is 3. The highest BCUT2D eigenvalue weighted by molar-refractivity contribution is 9.10. The molecule has 4 nitrogen and oxygen atoms in total. The molecule has 1 aromatic rings. The number of aromatic nitrogens is 2. The molecule has 0 saturated heterocycles. The maximum absolute atomic E-state index is 10.1. The maximum Gasteiger partial charge on any atom is 0.110 e. The fourth-order valence-corrected chi connectivity index (χ4v) is 2.52. The van der Waals surface area contributed by atoms with E-state index in [-0.39, 0.29) is 6.54 Å². The van der Waals surface area contributed by atoms with E-state index < -0.39 is 5.60 Å². The Morgan fingerprint density at radius 2 is 2.46 bits per heavy atom. The lowest BCUT2D eigenvalue weighted by atomic mass is 9.99. The first-order chi connectivity index (χ1) is 6.08. The summed E-state index contributed by atoms with van der Waals surface area (Å²) in [5.41, 5.74) is 6.51. The van der Waals surface area contributed by atoms with E-state index in [1.165, 1.54) is 0 Å². The van der Waals surface area contributed by atoms with Gasteiger partial charge in [-0.15, -0.1) is 0 Å². The molecule has 0 spiro atoms. The van der Waals surface area contributed by atoms with Crippen molar-refractivity contribution in [2.45, 2.75) is 18.4 Å². The van der Waals surface area contributed by atoms with Crippen LogP contribution in [0.5, 0.6) is 0 Å². The van der Waals surface area contributed by atoms with Crippen LogP contribution in [0.25, 0.3) is 0 Å². The molecule has 1 heterocycles. The lowest BCUT2D eigenvalue weighted by molar-refractivity contribution is 0.0469. The van der Waals surface area contributed by atoms with E-state index in [1.54, 1.807) is 4.68 Å². The zero-order chi connectivity index (χ0) is 9.64. The van der Waals surface area contributed by atoms with E-state index in [0.717, 1.165) is 22.3 Å². The molecule has 0 saturated carbocycles. The van der Waals surface area contributed by atoms with Crippen LogP contribution in [0.1, 0.15) is 17.7 Å². The molecule has 1 aliphatic rings. The summed E-state index contributed by atoms with van der Waals surface area (Å²) in [5.74, 6) is 0. The van der Waals surface area contributed by atoms with Gasteiger partial charge < -0.3 is 10.8 Å². The second-order valence-electron chi connectivity index (χ2n) is 3.47. The topological polar surface area (TPSA) is 64.1 Å². The standard InChI is InChI=1S/C8H12BrN3O/c1-12-7(9)6-5(11-12)2-3-8(6,13)4-10/h13H,2-4,10H2,1H3. The Hall–Kier alpha value is -0.390. The van der Waals surface area contributed by atoms with Gasteiger partial charge in [-0.25, -0.2) is 0 Å². The third kappa shape index (κ3) is 1.14. The number of aliphatic hydroxyl groups is 1. The van der Waals surface area contributed by atoms with Crippen LogP contribution in [0.3, 0.4) is 0 Å². The molecule has 0 amide bonds. The Balaban J connectivity index is 2.57. The summed E-state index contributed by atoms with van der Waals surface area (Å²) in [4.78, 5) is 0. The molecule has 0 aromatic carbocycles. The van der Waals surface area contributed by atoms with Crippen LogP contribution < -0.4 is 5.73 Å². The van der Waals surface area contributed by atoms with Gasteiger partial charge in [-0.3, -0.25) is 4.68 Å². The SMILES string of the molecule is Cn1nc2c(c1Br)C(O)(CN)CC2. The van der Waals surface area contributed by atoms with E-state index in [2.05, 4.69) is 21.0 Å².